The van der Waals surface area contributed by atoms with E-state index in [4.69, 9.17) is 0 Å². The van der Waals surface area contributed by atoms with Gasteiger partial charge in [-0.25, -0.2) is 4.79 Å². The number of hydrogen-bond acceptors (Lipinski definition) is 5. The van der Waals surface area contributed by atoms with Crippen molar-refractivity contribution in [3.8, 4) is 6.07 Å². The summed E-state index contributed by atoms with van der Waals surface area (Å²) in [5, 5.41) is 9.87. The molecule has 0 radical (unpaired) electrons. The van der Waals surface area contributed by atoms with Crippen LogP contribution in [0, 0.1) is 18.3 Å². The second-order valence-electron chi connectivity index (χ2n) is 7.95. The second kappa shape index (κ2) is 8.88. The fraction of sp³-hybridized carbons (Fsp3) is 0.200. The van der Waals surface area contributed by atoms with E-state index in [0.717, 1.165) is 16.9 Å². The molecule has 0 aliphatic rings. The highest BCUT2D eigenvalue weighted by atomic mass is 32.1. The van der Waals surface area contributed by atoms with Crippen LogP contribution in [0.25, 0.3) is 10.2 Å². The van der Waals surface area contributed by atoms with Crippen molar-refractivity contribution in [2.24, 2.45) is 0 Å². The van der Waals surface area contributed by atoms with Gasteiger partial charge in [-0.3, -0.25) is 18.7 Å². The van der Waals surface area contributed by atoms with Gasteiger partial charge in [-0.2, -0.15) is 5.26 Å². The Bertz CT molecular complexity index is 1520. The number of hydrogen-bond donors (Lipinski definition) is 0. The molecule has 0 saturated heterocycles. The molecule has 0 aliphatic heterocycles. The number of rotatable bonds is 5. The molecule has 1 amide bonds. The van der Waals surface area contributed by atoms with E-state index in [2.05, 4.69) is 6.07 Å². The maximum atomic E-state index is 13.6. The molecule has 0 saturated carbocycles. The summed E-state index contributed by atoms with van der Waals surface area (Å²) in [5.41, 5.74) is 1.60. The van der Waals surface area contributed by atoms with Gasteiger partial charge in [0.2, 0.25) is 0 Å². The van der Waals surface area contributed by atoms with Crippen LogP contribution in [0.2, 0.25) is 0 Å². The Kier molecular flexibility index (Phi) is 5.99. The molecule has 8 heteroatoms. The minimum atomic E-state index is -0.478. The molecule has 2 aromatic carbocycles. The van der Waals surface area contributed by atoms with Crippen LogP contribution >= 0.6 is 11.3 Å². The molecule has 0 atom stereocenters. The molecular weight excluding hydrogens is 436 g/mol. The maximum absolute atomic E-state index is 13.6. The van der Waals surface area contributed by atoms with E-state index in [-0.39, 0.29) is 19.0 Å². The summed E-state index contributed by atoms with van der Waals surface area (Å²) in [5.74, 6) is -0.223. The van der Waals surface area contributed by atoms with Crippen molar-refractivity contribution in [2.45, 2.75) is 20.0 Å². The largest absolute Gasteiger partial charge is 0.344 e. The fourth-order valence-corrected chi connectivity index (χ4v) is 5.10. The predicted octanol–water partition coefficient (Wildman–Crippen LogP) is 3.20. The van der Waals surface area contributed by atoms with Gasteiger partial charge in [-0.15, -0.1) is 11.3 Å². The molecule has 166 valence electrons. The van der Waals surface area contributed by atoms with Crippen molar-refractivity contribution in [3.63, 3.8) is 0 Å². The van der Waals surface area contributed by atoms with Crippen molar-refractivity contribution >= 4 is 27.5 Å². The highest BCUT2D eigenvalue weighted by Gasteiger charge is 2.24. The summed E-state index contributed by atoms with van der Waals surface area (Å²) in [4.78, 5) is 42.2. The van der Waals surface area contributed by atoms with Crippen LogP contribution < -0.4 is 11.2 Å². The first-order valence-corrected chi connectivity index (χ1v) is 11.2. The number of amides is 1. The van der Waals surface area contributed by atoms with Crippen molar-refractivity contribution < 1.29 is 4.79 Å². The van der Waals surface area contributed by atoms with Gasteiger partial charge < -0.3 is 4.90 Å². The quantitative estimate of drug-likeness (QED) is 0.459. The Labute approximate surface area is 194 Å². The van der Waals surface area contributed by atoms with Crippen LogP contribution in [-0.2, 0) is 13.1 Å². The van der Waals surface area contributed by atoms with Gasteiger partial charge in [-0.1, -0.05) is 48.5 Å². The summed E-state index contributed by atoms with van der Waals surface area (Å²) in [6.45, 7) is 1.96. The molecule has 0 unspecified atom stereocenters. The van der Waals surface area contributed by atoms with Crippen molar-refractivity contribution in [1.29, 1.82) is 5.26 Å². The van der Waals surface area contributed by atoms with Crippen LogP contribution in [-0.4, -0.2) is 34.0 Å². The summed E-state index contributed by atoms with van der Waals surface area (Å²) < 4.78 is 2.70. The zero-order valence-corrected chi connectivity index (χ0v) is 19.3. The molecule has 0 spiro atoms. The molecule has 0 aliphatic carbocycles. The van der Waals surface area contributed by atoms with Gasteiger partial charge in [0, 0.05) is 14.1 Å². The van der Waals surface area contributed by atoms with Gasteiger partial charge in [0.25, 0.3) is 11.5 Å². The number of nitriles is 1. The fourth-order valence-electron chi connectivity index (χ4n) is 3.78. The van der Waals surface area contributed by atoms with Crippen molar-refractivity contribution in [1.82, 2.24) is 14.0 Å². The molecule has 2 aromatic heterocycles. The van der Waals surface area contributed by atoms with E-state index in [1.54, 1.807) is 45.3 Å². The van der Waals surface area contributed by atoms with Crippen molar-refractivity contribution in [2.75, 3.05) is 14.1 Å². The Morgan fingerprint density at radius 1 is 1.00 bits per heavy atom. The average Bonchev–Trinajstić information content (AvgIpc) is 3.16. The molecule has 7 nitrogen and oxygen atoms in total. The Balaban J connectivity index is 2.02. The zero-order chi connectivity index (χ0) is 23.7. The number of carbonyl (C=O) groups excluding carboxylic acids is 1. The molecule has 0 bridgehead atoms. The number of thiophene rings is 1. The lowest BCUT2D eigenvalue weighted by Gasteiger charge is -2.13. The van der Waals surface area contributed by atoms with Crippen LogP contribution in [0.5, 0.6) is 0 Å². The minimum Gasteiger partial charge on any atom is -0.344 e. The predicted molar refractivity (Wildman–Crippen MR) is 129 cm³/mol. The number of aryl methyl sites for hydroxylation is 1. The lowest BCUT2D eigenvalue weighted by molar-refractivity contribution is 0.0831. The number of benzene rings is 2. The third-order valence-electron chi connectivity index (χ3n) is 5.54. The summed E-state index contributed by atoms with van der Waals surface area (Å²) in [6, 6.07) is 18.5. The monoisotopic (exact) mass is 458 g/mol. The Hall–Kier alpha value is -3.96. The number of carbonyl (C=O) groups is 1. The van der Waals surface area contributed by atoms with E-state index in [0.29, 0.717) is 31.8 Å². The summed E-state index contributed by atoms with van der Waals surface area (Å²) in [6.07, 6.45) is 0. The standard InChI is InChI=1S/C25H22N4O3S/c1-16-20-22(30)28(14-17-9-5-4-6-10-17)25(32)29(15-19-12-8-7-11-18(19)13-26)24(20)33-21(16)23(31)27(2)3/h4-12H,14-15H2,1-3H3. The number of fused-ring (bicyclic) bond motifs is 1. The van der Waals surface area contributed by atoms with Gasteiger partial charge in [-0.05, 0) is 29.7 Å². The first-order valence-electron chi connectivity index (χ1n) is 10.3. The Morgan fingerprint density at radius 2 is 1.67 bits per heavy atom. The minimum absolute atomic E-state index is 0.112. The molecule has 33 heavy (non-hydrogen) atoms. The van der Waals surface area contributed by atoms with Crippen LogP contribution in [0.15, 0.2) is 64.2 Å². The molecule has 0 fully saturated rings. The lowest BCUT2D eigenvalue weighted by Crippen LogP contribution is -2.40. The number of aromatic nitrogens is 2. The van der Waals surface area contributed by atoms with Gasteiger partial charge in [0.1, 0.15) is 4.83 Å². The average molecular weight is 459 g/mol. The van der Waals surface area contributed by atoms with E-state index >= 15 is 0 Å². The smallest absolute Gasteiger partial charge is 0.332 e. The van der Waals surface area contributed by atoms with Crippen molar-refractivity contribution in [3.05, 3.63) is 103 Å². The van der Waals surface area contributed by atoms with E-state index < -0.39 is 11.2 Å². The third-order valence-corrected chi connectivity index (χ3v) is 6.85. The van der Waals surface area contributed by atoms with Crippen LogP contribution in [0.4, 0.5) is 0 Å². The third kappa shape index (κ3) is 3.99. The van der Waals surface area contributed by atoms with E-state index in [1.807, 2.05) is 30.3 Å². The maximum Gasteiger partial charge on any atom is 0.332 e. The molecule has 4 aromatic rings. The molecular formula is C25H22N4O3S. The van der Waals surface area contributed by atoms with Crippen LogP contribution in [0.1, 0.15) is 31.9 Å². The normalized spacial score (nSPS) is 10.8. The summed E-state index contributed by atoms with van der Waals surface area (Å²) >= 11 is 1.14. The lowest BCUT2D eigenvalue weighted by atomic mass is 10.1. The second-order valence-corrected chi connectivity index (χ2v) is 8.95. The van der Waals surface area contributed by atoms with Crippen LogP contribution in [0.3, 0.4) is 0 Å². The van der Waals surface area contributed by atoms with E-state index in [9.17, 15) is 19.6 Å². The summed E-state index contributed by atoms with van der Waals surface area (Å²) in [7, 11) is 3.30. The molecule has 0 N–H and O–H groups in total. The SMILES string of the molecule is Cc1c(C(=O)N(C)C)sc2c1c(=O)n(Cc1ccccc1)c(=O)n2Cc1ccccc1C#N. The molecule has 2 heterocycles. The number of nitrogens with zero attached hydrogens (tertiary/aromatic N) is 4. The molecule has 4 rings (SSSR count). The first-order chi connectivity index (χ1) is 15.8. The highest BCUT2D eigenvalue weighted by molar-refractivity contribution is 7.20. The topological polar surface area (TPSA) is 88.1 Å². The highest BCUT2D eigenvalue weighted by Crippen LogP contribution is 2.29. The Morgan fingerprint density at radius 3 is 2.33 bits per heavy atom. The first kappa shape index (κ1) is 22.2. The van der Waals surface area contributed by atoms with Gasteiger partial charge >= 0.3 is 5.69 Å². The van der Waals surface area contributed by atoms with E-state index in [1.165, 1.54) is 14.0 Å². The van der Waals surface area contributed by atoms with Gasteiger partial charge in [0.05, 0.1) is 35.0 Å². The van der Waals surface area contributed by atoms with Gasteiger partial charge in [0.15, 0.2) is 0 Å². The zero-order valence-electron chi connectivity index (χ0n) is 18.5.